The van der Waals surface area contributed by atoms with Crippen molar-refractivity contribution in [2.24, 2.45) is 5.92 Å². The van der Waals surface area contributed by atoms with Gasteiger partial charge in [-0.15, -0.1) is 0 Å². The number of nitrogens with zero attached hydrogens (tertiary/aromatic N) is 1. The van der Waals surface area contributed by atoms with E-state index in [1.807, 2.05) is 20.8 Å². The van der Waals surface area contributed by atoms with Crippen LogP contribution in [0.3, 0.4) is 0 Å². The van der Waals surface area contributed by atoms with E-state index >= 15 is 0 Å². The van der Waals surface area contributed by atoms with E-state index in [1.165, 1.54) is 18.2 Å². The average molecular weight is 439 g/mol. The van der Waals surface area contributed by atoms with E-state index in [9.17, 15) is 18.4 Å². The Morgan fingerprint density at radius 1 is 1.20 bits per heavy atom. The van der Waals surface area contributed by atoms with Gasteiger partial charge in [-0.3, -0.25) is 14.6 Å². The molecule has 1 aromatic carbocycles. The standard InChI is InChI=1S/C22H25ClF2N2O3/c1-13(2)19(28)11-17-9-15(7-8-26-17)14(3)27-21(29)16-5-6-20(18(23)10-16)30-12-22(4,24)25/h5-10,13-14H,11-12H2,1-4H3,(H,27,29). The monoisotopic (exact) mass is 438 g/mol. The van der Waals surface area contributed by atoms with E-state index in [1.54, 1.807) is 18.3 Å². The molecule has 0 aliphatic heterocycles. The number of nitrogens with one attached hydrogen (secondary N) is 1. The highest BCUT2D eigenvalue weighted by Gasteiger charge is 2.23. The van der Waals surface area contributed by atoms with Crippen molar-refractivity contribution in [2.45, 2.75) is 46.1 Å². The summed E-state index contributed by atoms with van der Waals surface area (Å²) in [5.41, 5.74) is 1.72. The predicted molar refractivity (Wildman–Crippen MR) is 111 cm³/mol. The van der Waals surface area contributed by atoms with Gasteiger partial charge in [0.1, 0.15) is 11.5 Å². The number of alkyl halides is 2. The lowest BCUT2D eigenvalue weighted by Crippen LogP contribution is -2.27. The summed E-state index contributed by atoms with van der Waals surface area (Å²) in [7, 11) is 0. The molecule has 0 fully saturated rings. The van der Waals surface area contributed by atoms with Crippen molar-refractivity contribution in [2.75, 3.05) is 6.61 Å². The number of aromatic nitrogens is 1. The molecule has 162 valence electrons. The number of pyridine rings is 1. The van der Waals surface area contributed by atoms with E-state index < -0.39 is 12.5 Å². The van der Waals surface area contributed by atoms with Crippen LogP contribution in [-0.2, 0) is 11.2 Å². The molecule has 2 rings (SSSR count). The van der Waals surface area contributed by atoms with Gasteiger partial charge in [0.15, 0.2) is 6.61 Å². The number of carbonyl (C=O) groups is 2. The first-order valence-electron chi connectivity index (χ1n) is 9.55. The summed E-state index contributed by atoms with van der Waals surface area (Å²) in [6, 6.07) is 7.42. The molecular formula is C22H25ClF2N2O3. The fourth-order valence-corrected chi connectivity index (χ4v) is 2.81. The van der Waals surface area contributed by atoms with Gasteiger partial charge in [-0.05, 0) is 42.8 Å². The van der Waals surface area contributed by atoms with Crippen LogP contribution in [0.2, 0.25) is 5.02 Å². The van der Waals surface area contributed by atoms with Crippen molar-refractivity contribution in [1.82, 2.24) is 10.3 Å². The van der Waals surface area contributed by atoms with Crippen LogP contribution >= 0.6 is 11.6 Å². The molecule has 0 aliphatic carbocycles. The second kappa shape index (κ2) is 9.98. The number of carbonyl (C=O) groups excluding carboxylic acids is 2. The Morgan fingerprint density at radius 3 is 2.50 bits per heavy atom. The number of ketones is 1. The van der Waals surface area contributed by atoms with Crippen molar-refractivity contribution in [3.8, 4) is 5.75 Å². The SMILES string of the molecule is CC(C)C(=O)Cc1cc(C(C)NC(=O)c2ccc(OCC(C)(F)F)c(Cl)c2)ccn1. The van der Waals surface area contributed by atoms with Gasteiger partial charge in [0.2, 0.25) is 0 Å². The second-order valence-electron chi connectivity index (χ2n) is 7.58. The minimum absolute atomic E-state index is 0.0675. The molecule has 0 radical (unpaired) electrons. The highest BCUT2D eigenvalue weighted by molar-refractivity contribution is 6.32. The highest BCUT2D eigenvalue weighted by Crippen LogP contribution is 2.27. The minimum atomic E-state index is -2.99. The maximum Gasteiger partial charge on any atom is 0.278 e. The molecule has 1 aromatic heterocycles. The number of halogens is 3. The van der Waals surface area contributed by atoms with Gasteiger partial charge >= 0.3 is 0 Å². The van der Waals surface area contributed by atoms with Crippen molar-refractivity contribution < 1.29 is 23.1 Å². The number of ether oxygens (including phenoxy) is 1. The number of benzene rings is 1. The zero-order valence-corrected chi connectivity index (χ0v) is 18.1. The van der Waals surface area contributed by atoms with Gasteiger partial charge in [-0.2, -0.15) is 0 Å². The van der Waals surface area contributed by atoms with Gasteiger partial charge < -0.3 is 10.1 Å². The number of hydrogen-bond donors (Lipinski definition) is 1. The van der Waals surface area contributed by atoms with Gasteiger partial charge in [0.25, 0.3) is 11.8 Å². The lowest BCUT2D eigenvalue weighted by Gasteiger charge is -2.16. The van der Waals surface area contributed by atoms with E-state index in [2.05, 4.69) is 10.3 Å². The van der Waals surface area contributed by atoms with Crippen LogP contribution in [0.25, 0.3) is 0 Å². The molecule has 0 saturated heterocycles. The molecular weight excluding hydrogens is 414 g/mol. The Morgan fingerprint density at radius 2 is 1.90 bits per heavy atom. The topological polar surface area (TPSA) is 68.3 Å². The smallest absolute Gasteiger partial charge is 0.278 e. The summed E-state index contributed by atoms with van der Waals surface area (Å²) in [5.74, 6) is -3.27. The van der Waals surface area contributed by atoms with Crippen molar-refractivity contribution in [1.29, 1.82) is 0 Å². The minimum Gasteiger partial charge on any atom is -0.486 e. The Bertz CT molecular complexity index is 913. The summed E-state index contributed by atoms with van der Waals surface area (Å²) in [5, 5.41) is 2.92. The molecule has 1 amide bonds. The van der Waals surface area contributed by atoms with Crippen molar-refractivity contribution >= 4 is 23.3 Å². The van der Waals surface area contributed by atoms with Gasteiger partial charge in [-0.1, -0.05) is 25.4 Å². The van der Waals surface area contributed by atoms with E-state index in [0.717, 1.165) is 12.5 Å². The quantitative estimate of drug-likeness (QED) is 0.596. The molecule has 5 nitrogen and oxygen atoms in total. The van der Waals surface area contributed by atoms with Crippen molar-refractivity contribution in [3.63, 3.8) is 0 Å². The maximum atomic E-state index is 12.9. The predicted octanol–water partition coefficient (Wildman–Crippen LogP) is 5.03. The van der Waals surface area contributed by atoms with E-state index in [-0.39, 0.29) is 46.4 Å². The lowest BCUT2D eigenvalue weighted by molar-refractivity contribution is -0.121. The van der Waals surface area contributed by atoms with Crippen LogP contribution in [-0.4, -0.2) is 29.2 Å². The molecule has 30 heavy (non-hydrogen) atoms. The van der Waals surface area contributed by atoms with Gasteiger partial charge in [0, 0.05) is 36.7 Å². The van der Waals surface area contributed by atoms with E-state index in [0.29, 0.717) is 5.69 Å². The maximum absolute atomic E-state index is 12.9. The zero-order valence-electron chi connectivity index (χ0n) is 17.3. The number of amides is 1. The summed E-state index contributed by atoms with van der Waals surface area (Å²) in [6.45, 7) is 5.42. The molecule has 0 saturated carbocycles. The Balaban J connectivity index is 2.05. The van der Waals surface area contributed by atoms with Gasteiger partial charge in [-0.25, -0.2) is 8.78 Å². The first-order valence-corrected chi connectivity index (χ1v) is 9.92. The first-order chi connectivity index (χ1) is 14.0. The first kappa shape index (κ1) is 23.7. The summed E-state index contributed by atoms with van der Waals surface area (Å²) >= 11 is 6.06. The molecule has 2 aromatic rings. The third kappa shape index (κ3) is 7.06. The second-order valence-corrected chi connectivity index (χ2v) is 7.98. The molecule has 0 bridgehead atoms. The zero-order chi connectivity index (χ0) is 22.5. The molecule has 0 spiro atoms. The molecule has 8 heteroatoms. The van der Waals surface area contributed by atoms with Crippen molar-refractivity contribution in [3.05, 3.63) is 58.4 Å². The molecule has 1 N–H and O–H groups in total. The van der Waals surface area contributed by atoms with Crippen LogP contribution in [0.5, 0.6) is 5.75 Å². The molecule has 1 unspecified atom stereocenters. The molecule has 1 heterocycles. The number of Topliss-reactive ketones (excluding diaryl/α,β-unsaturated/α-hetero) is 1. The van der Waals surface area contributed by atoms with Crippen LogP contribution in [0.15, 0.2) is 36.5 Å². The number of hydrogen-bond acceptors (Lipinski definition) is 4. The fourth-order valence-electron chi connectivity index (χ4n) is 2.57. The summed E-state index contributed by atoms with van der Waals surface area (Å²) < 4.78 is 30.9. The summed E-state index contributed by atoms with van der Waals surface area (Å²) in [6.07, 6.45) is 1.84. The number of rotatable bonds is 9. The lowest BCUT2D eigenvalue weighted by atomic mass is 10.0. The van der Waals surface area contributed by atoms with Gasteiger partial charge in [0.05, 0.1) is 11.1 Å². The highest BCUT2D eigenvalue weighted by atomic mass is 35.5. The Labute approximate surface area is 179 Å². The average Bonchev–Trinajstić information content (AvgIpc) is 2.66. The summed E-state index contributed by atoms with van der Waals surface area (Å²) in [4.78, 5) is 28.7. The fraction of sp³-hybridized carbons (Fsp3) is 0.409. The van der Waals surface area contributed by atoms with Crippen LogP contribution in [0, 0.1) is 5.92 Å². The molecule has 0 aliphatic rings. The Hall–Kier alpha value is -2.54. The third-order valence-electron chi connectivity index (χ3n) is 4.36. The van der Waals surface area contributed by atoms with Crippen LogP contribution in [0.1, 0.15) is 55.4 Å². The van der Waals surface area contributed by atoms with Crippen LogP contribution in [0.4, 0.5) is 8.78 Å². The largest absolute Gasteiger partial charge is 0.486 e. The normalized spacial score (nSPS) is 12.5. The molecule has 1 atom stereocenters. The Kier molecular flexibility index (Phi) is 7.89. The third-order valence-corrected chi connectivity index (χ3v) is 4.66. The van der Waals surface area contributed by atoms with E-state index in [4.69, 9.17) is 16.3 Å². The van der Waals surface area contributed by atoms with Crippen LogP contribution < -0.4 is 10.1 Å².